The first-order valence-electron chi connectivity index (χ1n) is 8.87. The van der Waals surface area contributed by atoms with Crippen LogP contribution in [-0.4, -0.2) is 29.8 Å². The fourth-order valence-corrected chi connectivity index (χ4v) is 3.43. The van der Waals surface area contributed by atoms with Gasteiger partial charge in [-0.3, -0.25) is 9.59 Å². The van der Waals surface area contributed by atoms with Gasteiger partial charge in [0.05, 0.1) is 5.92 Å². The van der Waals surface area contributed by atoms with Gasteiger partial charge in [-0.2, -0.15) is 0 Å². The van der Waals surface area contributed by atoms with Crippen molar-refractivity contribution in [3.63, 3.8) is 0 Å². The van der Waals surface area contributed by atoms with Gasteiger partial charge in [-0.15, -0.1) is 0 Å². The zero-order valence-electron chi connectivity index (χ0n) is 15.1. The first-order chi connectivity index (χ1) is 12.4. The van der Waals surface area contributed by atoms with Gasteiger partial charge in [-0.25, -0.2) is 0 Å². The molecule has 0 spiro atoms. The molecule has 4 nitrogen and oxygen atoms in total. The normalized spacial score (nSPS) is 17.0. The van der Waals surface area contributed by atoms with E-state index in [0.717, 1.165) is 24.1 Å². The second-order valence-electron chi connectivity index (χ2n) is 6.89. The molecule has 2 aromatic carbocycles. The number of hydrogen-bond donors (Lipinski definition) is 1. The maximum absolute atomic E-state index is 12.7. The lowest BCUT2D eigenvalue weighted by Gasteiger charge is -2.32. The highest BCUT2D eigenvalue weighted by molar-refractivity contribution is 6.30. The summed E-state index contributed by atoms with van der Waals surface area (Å²) in [4.78, 5) is 27.1. The molecule has 0 bridgehead atoms. The number of piperidine rings is 1. The minimum atomic E-state index is -0.200. The Labute approximate surface area is 159 Å². The molecule has 1 N–H and O–H groups in total. The van der Waals surface area contributed by atoms with Crippen LogP contribution in [0.2, 0.25) is 5.02 Å². The standard InChI is InChI=1S/C21H23ClN2O2/c1-14-8-9-19(11-15(14)2)23-20(25)17-6-4-10-24(13-17)21(26)16-5-3-7-18(22)12-16/h3,5,7-9,11-12,17H,4,6,10,13H2,1-2H3,(H,23,25)/t17-/m0/s1. The van der Waals surface area contributed by atoms with Gasteiger partial charge in [0.15, 0.2) is 0 Å². The summed E-state index contributed by atoms with van der Waals surface area (Å²) in [6.07, 6.45) is 1.60. The van der Waals surface area contributed by atoms with E-state index in [0.29, 0.717) is 23.7 Å². The van der Waals surface area contributed by atoms with E-state index in [2.05, 4.69) is 5.32 Å². The summed E-state index contributed by atoms with van der Waals surface area (Å²) in [5.41, 5.74) is 3.70. The molecule has 0 saturated carbocycles. The quantitative estimate of drug-likeness (QED) is 0.867. The summed E-state index contributed by atoms with van der Waals surface area (Å²) in [6, 6.07) is 12.8. The number of anilines is 1. The maximum Gasteiger partial charge on any atom is 0.253 e. The number of benzene rings is 2. The Morgan fingerprint density at radius 1 is 1.12 bits per heavy atom. The van der Waals surface area contributed by atoms with Crippen molar-refractivity contribution in [1.82, 2.24) is 4.90 Å². The fraction of sp³-hybridized carbons (Fsp3) is 0.333. The molecule has 26 heavy (non-hydrogen) atoms. The lowest BCUT2D eigenvalue weighted by molar-refractivity contribution is -0.121. The van der Waals surface area contributed by atoms with Crippen LogP contribution in [0.25, 0.3) is 0 Å². The molecule has 5 heteroatoms. The zero-order chi connectivity index (χ0) is 18.7. The van der Waals surface area contributed by atoms with Crippen LogP contribution in [0.3, 0.4) is 0 Å². The third-order valence-electron chi connectivity index (χ3n) is 4.93. The lowest BCUT2D eigenvalue weighted by Crippen LogP contribution is -2.43. The smallest absolute Gasteiger partial charge is 0.253 e. The number of amides is 2. The van der Waals surface area contributed by atoms with E-state index < -0.39 is 0 Å². The number of rotatable bonds is 3. The molecule has 3 rings (SSSR count). The molecule has 2 aromatic rings. The number of halogens is 1. The predicted molar refractivity (Wildman–Crippen MR) is 105 cm³/mol. The molecule has 0 aromatic heterocycles. The monoisotopic (exact) mass is 370 g/mol. The third kappa shape index (κ3) is 4.25. The van der Waals surface area contributed by atoms with Gasteiger partial charge >= 0.3 is 0 Å². The third-order valence-corrected chi connectivity index (χ3v) is 5.16. The molecule has 0 radical (unpaired) electrons. The Morgan fingerprint density at radius 3 is 2.65 bits per heavy atom. The molecule has 1 fully saturated rings. The predicted octanol–water partition coefficient (Wildman–Crippen LogP) is 4.45. The van der Waals surface area contributed by atoms with E-state index in [1.807, 2.05) is 32.0 Å². The topological polar surface area (TPSA) is 49.4 Å². The summed E-state index contributed by atoms with van der Waals surface area (Å²) in [5, 5.41) is 3.53. The van der Waals surface area contributed by atoms with Crippen LogP contribution < -0.4 is 5.32 Å². The van der Waals surface area contributed by atoms with Crippen molar-refractivity contribution in [2.75, 3.05) is 18.4 Å². The van der Waals surface area contributed by atoms with E-state index in [1.54, 1.807) is 29.2 Å². The summed E-state index contributed by atoms with van der Waals surface area (Å²) in [6.45, 7) is 5.17. The van der Waals surface area contributed by atoms with Gasteiger partial charge in [0.1, 0.15) is 0 Å². The first-order valence-corrected chi connectivity index (χ1v) is 9.25. The Morgan fingerprint density at radius 2 is 1.92 bits per heavy atom. The van der Waals surface area contributed by atoms with Crippen molar-refractivity contribution in [1.29, 1.82) is 0 Å². The molecule has 1 aliphatic rings. The highest BCUT2D eigenvalue weighted by Gasteiger charge is 2.29. The van der Waals surface area contributed by atoms with Crippen LogP contribution in [0.5, 0.6) is 0 Å². The average Bonchev–Trinajstić information content (AvgIpc) is 2.64. The Bertz CT molecular complexity index is 835. The van der Waals surface area contributed by atoms with Crippen LogP contribution in [0.4, 0.5) is 5.69 Å². The van der Waals surface area contributed by atoms with E-state index in [4.69, 9.17) is 11.6 Å². The number of carbonyl (C=O) groups excluding carboxylic acids is 2. The lowest BCUT2D eigenvalue weighted by atomic mass is 9.96. The number of hydrogen-bond acceptors (Lipinski definition) is 2. The van der Waals surface area contributed by atoms with Crippen molar-refractivity contribution in [3.8, 4) is 0 Å². The molecule has 0 aliphatic carbocycles. The van der Waals surface area contributed by atoms with Crippen molar-refractivity contribution in [2.24, 2.45) is 5.92 Å². The van der Waals surface area contributed by atoms with E-state index in [1.165, 1.54) is 5.56 Å². The van der Waals surface area contributed by atoms with Gasteiger partial charge in [-0.05, 0) is 68.1 Å². The summed E-state index contributed by atoms with van der Waals surface area (Å²) >= 11 is 5.99. The Hall–Kier alpha value is -2.33. The van der Waals surface area contributed by atoms with Crippen molar-refractivity contribution < 1.29 is 9.59 Å². The van der Waals surface area contributed by atoms with Gasteiger partial charge in [0.2, 0.25) is 5.91 Å². The van der Waals surface area contributed by atoms with Crippen molar-refractivity contribution >= 4 is 29.1 Å². The number of likely N-dealkylation sites (tertiary alicyclic amines) is 1. The van der Waals surface area contributed by atoms with Gasteiger partial charge in [-0.1, -0.05) is 23.7 Å². The maximum atomic E-state index is 12.7. The Kier molecular flexibility index (Phi) is 5.62. The number of carbonyl (C=O) groups is 2. The molecule has 1 saturated heterocycles. The average molecular weight is 371 g/mol. The van der Waals surface area contributed by atoms with Crippen LogP contribution in [0, 0.1) is 19.8 Å². The largest absolute Gasteiger partial charge is 0.338 e. The van der Waals surface area contributed by atoms with Crippen LogP contribution in [0.15, 0.2) is 42.5 Å². The molecule has 136 valence electrons. The molecular weight excluding hydrogens is 348 g/mol. The summed E-state index contributed by atoms with van der Waals surface area (Å²) in [7, 11) is 0. The second-order valence-corrected chi connectivity index (χ2v) is 7.33. The molecule has 2 amide bonds. The minimum Gasteiger partial charge on any atom is -0.338 e. The highest BCUT2D eigenvalue weighted by Crippen LogP contribution is 2.22. The van der Waals surface area contributed by atoms with E-state index in [-0.39, 0.29) is 17.7 Å². The molecule has 0 unspecified atom stereocenters. The van der Waals surface area contributed by atoms with E-state index in [9.17, 15) is 9.59 Å². The van der Waals surface area contributed by atoms with Crippen LogP contribution in [-0.2, 0) is 4.79 Å². The summed E-state index contributed by atoms with van der Waals surface area (Å²) < 4.78 is 0. The molecule has 1 heterocycles. The highest BCUT2D eigenvalue weighted by atomic mass is 35.5. The Balaban J connectivity index is 1.66. The molecule has 1 aliphatic heterocycles. The van der Waals surface area contributed by atoms with Crippen LogP contribution in [0.1, 0.15) is 34.3 Å². The van der Waals surface area contributed by atoms with Crippen molar-refractivity contribution in [2.45, 2.75) is 26.7 Å². The summed E-state index contributed by atoms with van der Waals surface area (Å²) in [5.74, 6) is -0.304. The second kappa shape index (κ2) is 7.92. The first kappa shape index (κ1) is 18.5. The van der Waals surface area contributed by atoms with Gasteiger partial charge in [0, 0.05) is 29.4 Å². The number of nitrogens with one attached hydrogen (secondary N) is 1. The zero-order valence-corrected chi connectivity index (χ0v) is 15.8. The van der Waals surface area contributed by atoms with E-state index >= 15 is 0 Å². The molecular formula is C21H23ClN2O2. The number of nitrogens with zero attached hydrogens (tertiary/aromatic N) is 1. The number of aryl methyl sites for hydroxylation is 2. The minimum absolute atomic E-state index is 0.0307. The molecule has 1 atom stereocenters. The van der Waals surface area contributed by atoms with Gasteiger partial charge < -0.3 is 10.2 Å². The van der Waals surface area contributed by atoms with Gasteiger partial charge in [0.25, 0.3) is 5.91 Å². The fourth-order valence-electron chi connectivity index (χ4n) is 3.24. The SMILES string of the molecule is Cc1ccc(NC(=O)[C@H]2CCCN(C(=O)c3cccc(Cl)c3)C2)cc1C. The van der Waals surface area contributed by atoms with Crippen molar-refractivity contribution in [3.05, 3.63) is 64.2 Å². The van der Waals surface area contributed by atoms with Crippen LogP contribution >= 0.6 is 11.6 Å².